The van der Waals surface area contributed by atoms with Crippen molar-refractivity contribution in [3.05, 3.63) is 65.7 Å². The molecule has 3 rings (SSSR count). The number of rotatable bonds is 6. The Morgan fingerprint density at radius 3 is 2.44 bits per heavy atom. The van der Waals surface area contributed by atoms with Gasteiger partial charge in [-0.05, 0) is 23.8 Å². The zero-order chi connectivity index (χ0) is 19.1. The van der Waals surface area contributed by atoms with Gasteiger partial charge in [-0.15, -0.1) is 0 Å². The van der Waals surface area contributed by atoms with Crippen LogP contribution in [0.4, 0.5) is 0 Å². The Hall–Kier alpha value is -2.86. The summed E-state index contributed by atoms with van der Waals surface area (Å²) < 4.78 is 5.18. The van der Waals surface area contributed by atoms with E-state index in [1.54, 1.807) is 19.2 Å². The maximum atomic E-state index is 12.6. The molecule has 6 heteroatoms. The van der Waals surface area contributed by atoms with Crippen LogP contribution in [-0.4, -0.2) is 61.4 Å². The van der Waals surface area contributed by atoms with Crippen molar-refractivity contribution in [2.45, 2.75) is 6.54 Å². The fraction of sp³-hybridized carbons (Fsp3) is 0.333. The van der Waals surface area contributed by atoms with Crippen LogP contribution < -0.4 is 10.1 Å². The van der Waals surface area contributed by atoms with Crippen molar-refractivity contribution in [3.8, 4) is 5.75 Å². The predicted molar refractivity (Wildman–Crippen MR) is 104 cm³/mol. The Balaban J connectivity index is 1.44. The minimum absolute atomic E-state index is 0.00193. The molecule has 0 bridgehead atoms. The average molecular weight is 367 g/mol. The lowest BCUT2D eigenvalue weighted by atomic mass is 10.1. The molecule has 1 saturated heterocycles. The van der Waals surface area contributed by atoms with E-state index in [0.717, 1.165) is 5.56 Å². The number of nitrogens with zero attached hydrogens (tertiary/aromatic N) is 2. The van der Waals surface area contributed by atoms with Gasteiger partial charge in [0.15, 0.2) is 0 Å². The number of piperazine rings is 1. The molecule has 1 heterocycles. The first-order chi connectivity index (χ1) is 13.2. The van der Waals surface area contributed by atoms with Crippen LogP contribution >= 0.6 is 0 Å². The maximum Gasteiger partial charge on any atom is 0.254 e. The molecule has 1 aliphatic heterocycles. The fourth-order valence-corrected chi connectivity index (χ4v) is 3.10. The van der Waals surface area contributed by atoms with Crippen LogP contribution in [0, 0.1) is 0 Å². The third-order valence-corrected chi connectivity index (χ3v) is 4.68. The highest BCUT2D eigenvalue weighted by atomic mass is 16.5. The summed E-state index contributed by atoms with van der Waals surface area (Å²) in [7, 11) is 1.59. The van der Waals surface area contributed by atoms with E-state index in [1.165, 1.54) is 0 Å². The van der Waals surface area contributed by atoms with Gasteiger partial charge in [0, 0.05) is 38.3 Å². The second kappa shape index (κ2) is 9.19. The fourth-order valence-electron chi connectivity index (χ4n) is 3.10. The number of benzene rings is 2. The minimum Gasteiger partial charge on any atom is -0.497 e. The number of hydrogen-bond donors (Lipinski definition) is 1. The van der Waals surface area contributed by atoms with Crippen molar-refractivity contribution in [1.82, 2.24) is 15.1 Å². The number of carbonyl (C=O) groups is 2. The van der Waals surface area contributed by atoms with Gasteiger partial charge in [-0.3, -0.25) is 14.5 Å². The van der Waals surface area contributed by atoms with E-state index in [0.29, 0.717) is 50.6 Å². The Morgan fingerprint density at radius 2 is 1.74 bits per heavy atom. The van der Waals surface area contributed by atoms with Crippen LogP contribution in [0.2, 0.25) is 0 Å². The molecule has 0 unspecified atom stereocenters. The largest absolute Gasteiger partial charge is 0.497 e. The summed E-state index contributed by atoms with van der Waals surface area (Å²) in [4.78, 5) is 28.7. The van der Waals surface area contributed by atoms with Crippen LogP contribution in [0.1, 0.15) is 15.9 Å². The summed E-state index contributed by atoms with van der Waals surface area (Å²) >= 11 is 0. The van der Waals surface area contributed by atoms with Gasteiger partial charge in [-0.25, -0.2) is 0 Å². The molecule has 1 fully saturated rings. The zero-order valence-electron chi connectivity index (χ0n) is 15.6. The number of amides is 2. The van der Waals surface area contributed by atoms with Crippen molar-refractivity contribution < 1.29 is 14.3 Å². The summed E-state index contributed by atoms with van der Waals surface area (Å²) in [5, 5.41) is 2.94. The summed E-state index contributed by atoms with van der Waals surface area (Å²) in [6, 6.07) is 17.0. The monoisotopic (exact) mass is 367 g/mol. The molecule has 2 aromatic carbocycles. The number of methoxy groups -OCH3 is 1. The smallest absolute Gasteiger partial charge is 0.254 e. The van der Waals surface area contributed by atoms with E-state index < -0.39 is 0 Å². The lowest BCUT2D eigenvalue weighted by Crippen LogP contribution is -2.51. The van der Waals surface area contributed by atoms with Gasteiger partial charge >= 0.3 is 0 Å². The first-order valence-electron chi connectivity index (χ1n) is 9.12. The minimum atomic E-state index is 0.00193. The van der Waals surface area contributed by atoms with Gasteiger partial charge in [-0.2, -0.15) is 0 Å². The highest BCUT2D eigenvalue weighted by Gasteiger charge is 2.23. The normalized spacial score (nSPS) is 14.6. The number of ether oxygens (including phenoxy) is 1. The summed E-state index contributed by atoms with van der Waals surface area (Å²) in [6.07, 6.45) is 0. The van der Waals surface area contributed by atoms with Crippen molar-refractivity contribution in [2.75, 3.05) is 39.8 Å². The SMILES string of the molecule is COc1cccc(C(=O)N2CCN(CC(=O)NCc3ccccc3)CC2)c1. The molecule has 27 heavy (non-hydrogen) atoms. The third-order valence-electron chi connectivity index (χ3n) is 4.68. The summed E-state index contributed by atoms with van der Waals surface area (Å²) in [6.45, 7) is 3.49. The van der Waals surface area contributed by atoms with Gasteiger partial charge in [0.2, 0.25) is 5.91 Å². The zero-order valence-corrected chi connectivity index (χ0v) is 15.6. The summed E-state index contributed by atoms with van der Waals surface area (Å²) in [5.74, 6) is 0.683. The quantitative estimate of drug-likeness (QED) is 0.845. The van der Waals surface area contributed by atoms with E-state index in [-0.39, 0.29) is 11.8 Å². The molecule has 0 radical (unpaired) electrons. The maximum absolute atomic E-state index is 12.6. The molecule has 2 aromatic rings. The molecular weight excluding hydrogens is 342 g/mol. The van der Waals surface area contributed by atoms with Gasteiger partial charge in [0.1, 0.15) is 5.75 Å². The number of carbonyl (C=O) groups excluding carboxylic acids is 2. The van der Waals surface area contributed by atoms with E-state index in [9.17, 15) is 9.59 Å². The van der Waals surface area contributed by atoms with Crippen LogP contribution in [0.15, 0.2) is 54.6 Å². The Bertz CT molecular complexity index is 771. The number of nitrogens with one attached hydrogen (secondary N) is 1. The average Bonchev–Trinajstić information content (AvgIpc) is 2.73. The van der Waals surface area contributed by atoms with Crippen LogP contribution in [-0.2, 0) is 11.3 Å². The van der Waals surface area contributed by atoms with Gasteiger partial charge in [0.25, 0.3) is 5.91 Å². The second-order valence-corrected chi connectivity index (χ2v) is 6.56. The molecule has 142 valence electrons. The Labute approximate surface area is 159 Å². The second-order valence-electron chi connectivity index (χ2n) is 6.56. The lowest BCUT2D eigenvalue weighted by molar-refractivity contribution is -0.122. The Morgan fingerprint density at radius 1 is 1.00 bits per heavy atom. The van der Waals surface area contributed by atoms with Crippen molar-refractivity contribution in [2.24, 2.45) is 0 Å². The van der Waals surface area contributed by atoms with E-state index in [4.69, 9.17) is 4.74 Å². The molecule has 1 N–H and O–H groups in total. The molecule has 0 saturated carbocycles. The molecule has 6 nitrogen and oxygen atoms in total. The summed E-state index contributed by atoms with van der Waals surface area (Å²) in [5.41, 5.74) is 1.71. The van der Waals surface area contributed by atoms with E-state index in [2.05, 4.69) is 10.2 Å². The molecule has 0 aromatic heterocycles. The van der Waals surface area contributed by atoms with Crippen LogP contribution in [0.25, 0.3) is 0 Å². The molecule has 0 atom stereocenters. The molecule has 0 spiro atoms. The molecule has 1 aliphatic rings. The van der Waals surface area contributed by atoms with Crippen LogP contribution in [0.5, 0.6) is 5.75 Å². The Kier molecular flexibility index (Phi) is 6.44. The van der Waals surface area contributed by atoms with Crippen LogP contribution in [0.3, 0.4) is 0 Å². The van der Waals surface area contributed by atoms with E-state index >= 15 is 0 Å². The third kappa shape index (κ3) is 5.31. The molecule has 0 aliphatic carbocycles. The number of hydrogen-bond acceptors (Lipinski definition) is 4. The van der Waals surface area contributed by atoms with Gasteiger partial charge < -0.3 is 15.0 Å². The lowest BCUT2D eigenvalue weighted by Gasteiger charge is -2.34. The highest BCUT2D eigenvalue weighted by Crippen LogP contribution is 2.15. The van der Waals surface area contributed by atoms with E-state index in [1.807, 2.05) is 47.4 Å². The highest BCUT2D eigenvalue weighted by molar-refractivity contribution is 5.94. The first-order valence-corrected chi connectivity index (χ1v) is 9.12. The van der Waals surface area contributed by atoms with Gasteiger partial charge in [0.05, 0.1) is 13.7 Å². The first kappa shape index (κ1) is 18.9. The topological polar surface area (TPSA) is 61.9 Å². The predicted octanol–water partition coefficient (Wildman–Crippen LogP) is 1.77. The van der Waals surface area contributed by atoms with Crippen molar-refractivity contribution >= 4 is 11.8 Å². The van der Waals surface area contributed by atoms with Crippen molar-refractivity contribution in [1.29, 1.82) is 0 Å². The van der Waals surface area contributed by atoms with Gasteiger partial charge in [-0.1, -0.05) is 36.4 Å². The molecule has 2 amide bonds. The standard InChI is InChI=1S/C21H25N3O3/c1-27-19-9-5-8-18(14-19)21(26)24-12-10-23(11-13-24)16-20(25)22-15-17-6-3-2-4-7-17/h2-9,14H,10-13,15-16H2,1H3,(H,22,25). The molecular formula is C21H25N3O3. The van der Waals surface area contributed by atoms with Crippen molar-refractivity contribution in [3.63, 3.8) is 0 Å².